The molecule has 2 aromatic carbocycles. The number of ether oxygens (including phenoxy) is 2. The molecule has 0 atom stereocenters. The van der Waals surface area contributed by atoms with Gasteiger partial charge in [-0.2, -0.15) is 0 Å². The second kappa shape index (κ2) is 8.63. The van der Waals surface area contributed by atoms with E-state index >= 15 is 0 Å². The number of nitrogens with one attached hydrogen (secondary N) is 2. The van der Waals surface area contributed by atoms with Crippen molar-refractivity contribution in [2.75, 3.05) is 24.9 Å². The summed E-state index contributed by atoms with van der Waals surface area (Å²) in [4.78, 5) is 23.9. The number of hydrogen-bond acceptors (Lipinski definition) is 7. The summed E-state index contributed by atoms with van der Waals surface area (Å²) < 4.78 is 9.82. The lowest BCUT2D eigenvalue weighted by Gasteiger charge is -2.08. The third-order valence-electron chi connectivity index (χ3n) is 3.79. The highest BCUT2D eigenvalue weighted by molar-refractivity contribution is 6.04. The largest absolute Gasteiger partial charge is 0.497 e. The first-order chi connectivity index (χ1) is 13.6. The maximum Gasteiger partial charge on any atom is 0.337 e. The summed E-state index contributed by atoms with van der Waals surface area (Å²) in [5.74, 6) is 0.612. The van der Waals surface area contributed by atoms with E-state index in [0.717, 1.165) is 0 Å². The lowest BCUT2D eigenvalue weighted by Crippen LogP contribution is -2.13. The fraction of sp³-hybridized carbons (Fsp3) is 0.100. The highest BCUT2D eigenvalue weighted by Gasteiger charge is 2.09. The molecule has 8 nitrogen and oxygen atoms in total. The molecule has 0 aliphatic rings. The number of anilines is 3. The Balaban J connectivity index is 1.66. The Bertz CT molecular complexity index is 990. The van der Waals surface area contributed by atoms with Crippen LogP contribution in [-0.2, 0) is 4.74 Å². The molecule has 0 bridgehead atoms. The normalized spacial score (nSPS) is 10.1. The van der Waals surface area contributed by atoms with E-state index in [2.05, 4.69) is 20.8 Å². The van der Waals surface area contributed by atoms with Crippen molar-refractivity contribution in [3.05, 3.63) is 71.8 Å². The summed E-state index contributed by atoms with van der Waals surface area (Å²) in [7, 11) is 2.86. The van der Waals surface area contributed by atoms with E-state index in [9.17, 15) is 9.59 Å². The van der Waals surface area contributed by atoms with Crippen molar-refractivity contribution in [2.24, 2.45) is 0 Å². The average Bonchev–Trinajstić information content (AvgIpc) is 2.74. The zero-order valence-corrected chi connectivity index (χ0v) is 15.3. The Hall–Kier alpha value is -3.94. The molecule has 1 heterocycles. The molecule has 3 rings (SSSR count). The number of rotatable bonds is 6. The zero-order valence-electron chi connectivity index (χ0n) is 15.3. The molecule has 3 aromatic rings. The van der Waals surface area contributed by atoms with Crippen LogP contribution in [0.5, 0.6) is 5.75 Å². The van der Waals surface area contributed by atoms with Crippen LogP contribution in [0.3, 0.4) is 0 Å². The van der Waals surface area contributed by atoms with Crippen molar-refractivity contribution in [1.82, 2.24) is 10.2 Å². The van der Waals surface area contributed by atoms with E-state index < -0.39 is 5.97 Å². The molecule has 8 heteroatoms. The summed E-state index contributed by atoms with van der Waals surface area (Å²) in [5, 5.41) is 13.7. The molecule has 142 valence electrons. The number of carbonyl (C=O) groups is 2. The molecule has 28 heavy (non-hydrogen) atoms. The van der Waals surface area contributed by atoms with Crippen molar-refractivity contribution in [2.45, 2.75) is 0 Å². The van der Waals surface area contributed by atoms with Gasteiger partial charge in [0.2, 0.25) is 0 Å². The van der Waals surface area contributed by atoms with E-state index in [-0.39, 0.29) is 5.91 Å². The molecule has 0 aliphatic heterocycles. The molecule has 0 radical (unpaired) electrons. The lowest BCUT2D eigenvalue weighted by molar-refractivity contribution is 0.0600. The molecule has 0 fully saturated rings. The van der Waals surface area contributed by atoms with Crippen LogP contribution in [0.25, 0.3) is 0 Å². The quantitative estimate of drug-likeness (QED) is 0.635. The Morgan fingerprint density at radius 3 is 2.29 bits per heavy atom. The molecule has 0 spiro atoms. The molecule has 2 N–H and O–H groups in total. The monoisotopic (exact) mass is 378 g/mol. The molecule has 1 aromatic heterocycles. The van der Waals surface area contributed by atoms with E-state index in [1.165, 1.54) is 14.2 Å². The summed E-state index contributed by atoms with van der Waals surface area (Å²) in [6.45, 7) is 0. The van der Waals surface area contributed by atoms with Crippen LogP contribution in [-0.4, -0.2) is 36.3 Å². The van der Waals surface area contributed by atoms with E-state index in [1.54, 1.807) is 60.7 Å². The van der Waals surface area contributed by atoms with Gasteiger partial charge in [0.15, 0.2) is 11.6 Å². The minimum absolute atomic E-state index is 0.307. The van der Waals surface area contributed by atoms with E-state index in [1.807, 2.05) is 0 Å². The SMILES string of the molecule is COC(=O)c1cccc(Nc2ccc(NC(=O)c3cccc(OC)c3)nn2)c1. The Labute approximate surface area is 161 Å². The van der Waals surface area contributed by atoms with Crippen LogP contribution in [0.15, 0.2) is 60.7 Å². The van der Waals surface area contributed by atoms with Crippen LogP contribution in [0.4, 0.5) is 17.3 Å². The molecular formula is C20H18N4O4. The predicted octanol–water partition coefficient (Wildman–Crippen LogP) is 3.27. The minimum Gasteiger partial charge on any atom is -0.497 e. The van der Waals surface area contributed by atoms with Crippen LogP contribution in [0, 0.1) is 0 Å². The van der Waals surface area contributed by atoms with Crippen LogP contribution in [0.1, 0.15) is 20.7 Å². The number of methoxy groups -OCH3 is 2. The predicted molar refractivity (Wildman–Crippen MR) is 104 cm³/mol. The fourth-order valence-electron chi connectivity index (χ4n) is 2.41. The van der Waals surface area contributed by atoms with Gasteiger partial charge in [0.1, 0.15) is 5.75 Å². The molecule has 0 saturated heterocycles. The number of benzene rings is 2. The van der Waals surface area contributed by atoms with Crippen LogP contribution >= 0.6 is 0 Å². The third kappa shape index (κ3) is 4.61. The van der Waals surface area contributed by atoms with Gasteiger partial charge in [-0.25, -0.2) is 4.79 Å². The summed E-state index contributed by atoms with van der Waals surface area (Å²) in [6.07, 6.45) is 0. The molecule has 0 saturated carbocycles. The van der Waals surface area contributed by atoms with Crippen molar-refractivity contribution in [3.8, 4) is 5.75 Å². The zero-order chi connectivity index (χ0) is 19.9. The van der Waals surface area contributed by atoms with Gasteiger partial charge in [-0.05, 0) is 48.5 Å². The molecule has 0 unspecified atom stereocenters. The second-order valence-corrected chi connectivity index (χ2v) is 5.69. The van der Waals surface area contributed by atoms with Crippen molar-refractivity contribution in [1.29, 1.82) is 0 Å². The van der Waals surface area contributed by atoms with Crippen LogP contribution < -0.4 is 15.4 Å². The first-order valence-electron chi connectivity index (χ1n) is 8.33. The first-order valence-corrected chi connectivity index (χ1v) is 8.33. The third-order valence-corrected chi connectivity index (χ3v) is 3.79. The fourth-order valence-corrected chi connectivity index (χ4v) is 2.41. The van der Waals surface area contributed by atoms with E-state index in [0.29, 0.717) is 34.2 Å². The summed E-state index contributed by atoms with van der Waals surface area (Å²) >= 11 is 0. The number of aromatic nitrogens is 2. The average molecular weight is 378 g/mol. The molecule has 0 aliphatic carbocycles. The molecule has 1 amide bonds. The van der Waals surface area contributed by atoms with Gasteiger partial charge in [0.05, 0.1) is 19.8 Å². The van der Waals surface area contributed by atoms with Crippen molar-refractivity contribution >= 4 is 29.2 Å². The Morgan fingerprint density at radius 2 is 1.57 bits per heavy atom. The number of amides is 1. The topological polar surface area (TPSA) is 102 Å². The second-order valence-electron chi connectivity index (χ2n) is 5.69. The standard InChI is InChI=1S/C20H18N4O4/c1-27-16-8-4-5-13(12-16)19(25)22-18-10-9-17(23-24-18)21-15-7-3-6-14(11-15)20(26)28-2/h3-12H,1-2H3,(H,21,23)(H,22,24,25). The summed E-state index contributed by atoms with van der Waals surface area (Å²) in [5.41, 5.74) is 1.52. The lowest BCUT2D eigenvalue weighted by atomic mass is 10.2. The maximum absolute atomic E-state index is 12.3. The number of carbonyl (C=O) groups excluding carboxylic acids is 2. The Kier molecular flexibility index (Phi) is 5.81. The van der Waals surface area contributed by atoms with Gasteiger partial charge in [0, 0.05) is 11.3 Å². The van der Waals surface area contributed by atoms with Gasteiger partial charge in [0.25, 0.3) is 5.91 Å². The van der Waals surface area contributed by atoms with Gasteiger partial charge in [-0.1, -0.05) is 12.1 Å². The minimum atomic E-state index is -0.426. The summed E-state index contributed by atoms with van der Waals surface area (Å²) in [6, 6.07) is 16.9. The number of esters is 1. The maximum atomic E-state index is 12.3. The highest BCUT2D eigenvalue weighted by atomic mass is 16.5. The molecular weight excluding hydrogens is 360 g/mol. The first kappa shape index (κ1) is 18.8. The van der Waals surface area contributed by atoms with Gasteiger partial charge in [-0.3, -0.25) is 4.79 Å². The number of hydrogen-bond donors (Lipinski definition) is 2. The smallest absolute Gasteiger partial charge is 0.337 e. The van der Waals surface area contributed by atoms with Gasteiger partial charge >= 0.3 is 5.97 Å². The van der Waals surface area contributed by atoms with E-state index in [4.69, 9.17) is 9.47 Å². The number of nitrogens with zero attached hydrogens (tertiary/aromatic N) is 2. The van der Waals surface area contributed by atoms with Crippen LogP contribution in [0.2, 0.25) is 0 Å². The van der Waals surface area contributed by atoms with Gasteiger partial charge in [-0.15, -0.1) is 10.2 Å². The van der Waals surface area contributed by atoms with Crippen molar-refractivity contribution in [3.63, 3.8) is 0 Å². The Morgan fingerprint density at radius 1 is 0.857 bits per heavy atom. The highest BCUT2D eigenvalue weighted by Crippen LogP contribution is 2.18. The van der Waals surface area contributed by atoms with Crippen molar-refractivity contribution < 1.29 is 19.1 Å². The van der Waals surface area contributed by atoms with Gasteiger partial charge < -0.3 is 20.1 Å².